The highest BCUT2D eigenvalue weighted by Gasteiger charge is 2.13. The van der Waals surface area contributed by atoms with Crippen molar-refractivity contribution in [1.82, 2.24) is 10.6 Å². The number of thiophene rings is 1. The predicted molar refractivity (Wildman–Crippen MR) is 88.3 cm³/mol. The Labute approximate surface area is 125 Å². The highest BCUT2D eigenvalue weighted by molar-refractivity contribution is 7.98. The Hall–Kier alpha value is -0.0300. The lowest BCUT2D eigenvalue weighted by Gasteiger charge is -2.20. The van der Waals surface area contributed by atoms with Crippen LogP contribution in [-0.2, 0) is 18.7 Å². The van der Waals surface area contributed by atoms with Crippen LogP contribution in [0.4, 0.5) is 0 Å². The maximum absolute atomic E-state index is 3.56. The summed E-state index contributed by atoms with van der Waals surface area (Å²) in [5.74, 6) is 2.53. The zero-order valence-electron chi connectivity index (χ0n) is 12.3. The van der Waals surface area contributed by atoms with Crippen molar-refractivity contribution < 1.29 is 0 Å². The Bertz CT molecular complexity index is 370. The number of rotatable bonds is 6. The molecule has 2 N–H and O–H groups in total. The predicted octanol–water partition coefficient (Wildman–Crippen LogP) is 3.41. The molecule has 0 spiro atoms. The van der Waals surface area contributed by atoms with Gasteiger partial charge in [0.05, 0.1) is 0 Å². The third-order valence-corrected chi connectivity index (χ3v) is 5.41. The molecule has 0 bridgehead atoms. The van der Waals surface area contributed by atoms with Gasteiger partial charge in [0.25, 0.3) is 0 Å². The third kappa shape index (κ3) is 5.46. The van der Waals surface area contributed by atoms with E-state index in [-0.39, 0.29) is 5.54 Å². The number of hydrogen-bond donors (Lipinski definition) is 2. The second-order valence-corrected chi connectivity index (χ2v) is 8.50. The van der Waals surface area contributed by atoms with E-state index in [0.29, 0.717) is 0 Å². The van der Waals surface area contributed by atoms with Gasteiger partial charge >= 0.3 is 0 Å². The van der Waals surface area contributed by atoms with Gasteiger partial charge in [0.15, 0.2) is 0 Å². The van der Waals surface area contributed by atoms with Gasteiger partial charge in [-0.25, -0.2) is 0 Å². The summed E-state index contributed by atoms with van der Waals surface area (Å²) in [6, 6.07) is 2.41. The third-order valence-electron chi connectivity index (χ3n) is 3.16. The van der Waals surface area contributed by atoms with Crippen molar-refractivity contribution in [1.29, 1.82) is 0 Å². The van der Waals surface area contributed by atoms with Crippen molar-refractivity contribution in [3.05, 3.63) is 21.4 Å². The molecule has 0 amide bonds. The van der Waals surface area contributed by atoms with Crippen molar-refractivity contribution in [2.45, 2.75) is 51.4 Å². The molecule has 2 nitrogen and oxygen atoms in total. The van der Waals surface area contributed by atoms with Crippen LogP contribution in [-0.4, -0.2) is 24.4 Å². The molecule has 1 aliphatic heterocycles. The minimum atomic E-state index is 0.241. The second kappa shape index (κ2) is 7.11. The fourth-order valence-corrected chi connectivity index (χ4v) is 4.53. The summed E-state index contributed by atoms with van der Waals surface area (Å²) in [6.45, 7) is 9.88. The Morgan fingerprint density at radius 1 is 1.26 bits per heavy atom. The lowest BCUT2D eigenvalue weighted by atomic mass is 10.1. The van der Waals surface area contributed by atoms with E-state index in [4.69, 9.17) is 0 Å². The van der Waals surface area contributed by atoms with E-state index >= 15 is 0 Å². The van der Waals surface area contributed by atoms with Gasteiger partial charge in [0.2, 0.25) is 0 Å². The Morgan fingerprint density at radius 3 is 2.84 bits per heavy atom. The highest BCUT2D eigenvalue weighted by atomic mass is 32.2. The fraction of sp³-hybridized carbons (Fsp3) is 0.733. The summed E-state index contributed by atoms with van der Waals surface area (Å²) in [4.78, 5) is 3.14. The van der Waals surface area contributed by atoms with Crippen molar-refractivity contribution in [3.63, 3.8) is 0 Å². The molecule has 19 heavy (non-hydrogen) atoms. The Balaban J connectivity index is 1.62. The normalized spacial score (nSPS) is 15.5. The molecule has 0 unspecified atom stereocenters. The monoisotopic (exact) mass is 298 g/mol. The summed E-state index contributed by atoms with van der Waals surface area (Å²) < 4.78 is 0. The zero-order valence-corrected chi connectivity index (χ0v) is 14.0. The van der Waals surface area contributed by atoms with Gasteiger partial charge in [-0.15, -0.1) is 11.3 Å². The highest BCUT2D eigenvalue weighted by Crippen LogP contribution is 2.31. The van der Waals surface area contributed by atoms with Gasteiger partial charge in [-0.3, -0.25) is 0 Å². The molecule has 108 valence electrons. The average molecular weight is 299 g/mol. The topological polar surface area (TPSA) is 24.1 Å². The minimum Gasteiger partial charge on any atom is -0.312 e. The van der Waals surface area contributed by atoms with E-state index < -0.39 is 0 Å². The number of nitrogens with one attached hydrogen (secondary N) is 2. The van der Waals surface area contributed by atoms with Crippen LogP contribution in [0.25, 0.3) is 0 Å². The molecule has 4 heteroatoms. The van der Waals surface area contributed by atoms with Crippen molar-refractivity contribution in [2.75, 3.05) is 18.8 Å². The van der Waals surface area contributed by atoms with Gasteiger partial charge < -0.3 is 10.6 Å². The summed E-state index contributed by atoms with van der Waals surface area (Å²) >= 11 is 4.08. The van der Waals surface area contributed by atoms with Crippen LogP contribution in [0, 0.1) is 0 Å². The number of thioether (sulfide) groups is 1. The summed E-state index contributed by atoms with van der Waals surface area (Å²) in [7, 11) is 0. The lowest BCUT2D eigenvalue weighted by Crippen LogP contribution is -2.37. The van der Waals surface area contributed by atoms with Gasteiger partial charge in [-0.05, 0) is 64.1 Å². The van der Waals surface area contributed by atoms with Crippen molar-refractivity contribution in [2.24, 2.45) is 0 Å². The lowest BCUT2D eigenvalue weighted by molar-refractivity contribution is 0.418. The Morgan fingerprint density at radius 2 is 2.11 bits per heavy atom. The van der Waals surface area contributed by atoms with E-state index in [1.54, 1.807) is 10.4 Å². The van der Waals surface area contributed by atoms with Gasteiger partial charge in [0.1, 0.15) is 0 Å². The quantitative estimate of drug-likeness (QED) is 0.787. The summed E-state index contributed by atoms with van der Waals surface area (Å²) in [6.07, 6.45) is 2.47. The second-order valence-electron chi connectivity index (χ2n) is 6.17. The molecule has 0 aliphatic carbocycles. The first kappa shape index (κ1) is 15.4. The first-order valence-electron chi connectivity index (χ1n) is 7.18. The van der Waals surface area contributed by atoms with Crippen LogP contribution in [0.5, 0.6) is 0 Å². The zero-order chi connectivity index (χ0) is 13.7. The molecule has 2 rings (SSSR count). The number of hydrogen-bond acceptors (Lipinski definition) is 4. The van der Waals surface area contributed by atoms with E-state index in [9.17, 15) is 0 Å². The molecule has 0 fully saturated rings. The first-order chi connectivity index (χ1) is 9.04. The van der Waals surface area contributed by atoms with Crippen LogP contribution in [0.15, 0.2) is 6.07 Å². The molecule has 2 heterocycles. The first-order valence-corrected chi connectivity index (χ1v) is 9.16. The SMILES string of the molecule is CC(C)(C)NCCCNCc1cc2c(s1)CCSC2. The molecule has 1 aromatic rings. The maximum Gasteiger partial charge on any atom is 0.0299 e. The average Bonchev–Trinajstić information content (AvgIpc) is 2.74. The fourth-order valence-electron chi connectivity index (χ4n) is 2.18. The molecule has 0 saturated carbocycles. The summed E-state index contributed by atoms with van der Waals surface area (Å²) in [5.41, 5.74) is 1.83. The molecule has 1 aliphatic rings. The molecule has 0 saturated heterocycles. The number of fused-ring (bicyclic) bond motifs is 1. The smallest absolute Gasteiger partial charge is 0.0299 e. The van der Waals surface area contributed by atoms with Crippen LogP contribution in [0.3, 0.4) is 0 Å². The standard InChI is InChI=1S/C15H26N2S2/c1-15(2,3)17-7-4-6-16-10-13-9-12-11-18-8-5-14(12)19-13/h9,16-17H,4-8,10-11H2,1-3H3. The van der Waals surface area contributed by atoms with Crippen molar-refractivity contribution >= 4 is 23.1 Å². The van der Waals surface area contributed by atoms with Crippen LogP contribution in [0.2, 0.25) is 0 Å². The largest absolute Gasteiger partial charge is 0.312 e. The van der Waals surface area contributed by atoms with Gasteiger partial charge in [-0.2, -0.15) is 11.8 Å². The van der Waals surface area contributed by atoms with E-state index in [1.807, 2.05) is 11.3 Å². The Kier molecular flexibility index (Phi) is 5.75. The van der Waals surface area contributed by atoms with Gasteiger partial charge in [0, 0.05) is 27.6 Å². The molecular formula is C15H26N2S2. The molecular weight excluding hydrogens is 272 g/mol. The van der Waals surface area contributed by atoms with E-state index in [0.717, 1.165) is 19.6 Å². The van der Waals surface area contributed by atoms with Crippen molar-refractivity contribution in [3.8, 4) is 0 Å². The molecule has 0 aromatic carbocycles. The van der Waals surface area contributed by atoms with Gasteiger partial charge in [-0.1, -0.05) is 0 Å². The van der Waals surface area contributed by atoms with Crippen LogP contribution < -0.4 is 10.6 Å². The van der Waals surface area contributed by atoms with Crippen LogP contribution in [0.1, 0.15) is 42.5 Å². The van der Waals surface area contributed by atoms with Crippen LogP contribution >= 0.6 is 23.1 Å². The van der Waals surface area contributed by atoms with E-state index in [2.05, 4.69) is 49.2 Å². The molecule has 0 atom stereocenters. The van der Waals surface area contributed by atoms with E-state index in [1.165, 1.54) is 29.2 Å². The summed E-state index contributed by atoms with van der Waals surface area (Å²) in [5, 5.41) is 7.08. The molecule has 0 radical (unpaired) electrons. The minimum absolute atomic E-state index is 0.241. The number of aryl methyl sites for hydroxylation is 1. The maximum atomic E-state index is 3.56. The molecule has 1 aromatic heterocycles.